The summed E-state index contributed by atoms with van der Waals surface area (Å²) in [6, 6.07) is 9.53. The van der Waals surface area contributed by atoms with E-state index in [2.05, 4.69) is 17.1 Å². The van der Waals surface area contributed by atoms with Crippen molar-refractivity contribution in [1.82, 2.24) is 4.98 Å². The first-order valence-electron chi connectivity index (χ1n) is 8.08. The second kappa shape index (κ2) is 5.61. The van der Waals surface area contributed by atoms with E-state index in [9.17, 15) is 12.8 Å². The molecule has 1 saturated carbocycles. The molecule has 0 bridgehead atoms. The van der Waals surface area contributed by atoms with Crippen LogP contribution in [0.2, 0.25) is 0 Å². The van der Waals surface area contributed by atoms with Crippen molar-refractivity contribution in [3.05, 3.63) is 71.8 Å². The summed E-state index contributed by atoms with van der Waals surface area (Å²) in [7, 11) is -3.77. The van der Waals surface area contributed by atoms with Crippen LogP contribution in [-0.2, 0) is 10.0 Å². The molecule has 2 aliphatic rings. The van der Waals surface area contributed by atoms with E-state index in [0.717, 1.165) is 29.6 Å². The van der Waals surface area contributed by atoms with Crippen LogP contribution in [0.3, 0.4) is 0 Å². The molecule has 2 aromatic rings. The van der Waals surface area contributed by atoms with E-state index in [1.54, 1.807) is 18.2 Å². The minimum absolute atomic E-state index is 0.0134. The summed E-state index contributed by atoms with van der Waals surface area (Å²) in [5.41, 5.74) is 3.61. The Hall–Kier alpha value is -2.31. The van der Waals surface area contributed by atoms with Gasteiger partial charge in [0.2, 0.25) is 10.0 Å². The highest BCUT2D eigenvalue weighted by molar-refractivity contribution is 7.89. The topological polar surface area (TPSA) is 73.1 Å². The molecule has 6 heteroatoms. The molecule has 4 nitrogen and oxygen atoms in total. The third-order valence-electron chi connectivity index (χ3n) is 4.93. The summed E-state index contributed by atoms with van der Waals surface area (Å²) in [5, 5.41) is 5.14. The number of primary sulfonamides is 1. The maximum Gasteiger partial charge on any atom is 0.239 e. The third-order valence-corrected chi connectivity index (χ3v) is 5.83. The summed E-state index contributed by atoms with van der Waals surface area (Å²) in [6.45, 7) is 0. The molecule has 1 fully saturated rings. The molecule has 1 aromatic carbocycles. The first-order valence-corrected chi connectivity index (χ1v) is 9.62. The fraction of sp³-hybridized carbons (Fsp3) is 0.211. The van der Waals surface area contributed by atoms with Crippen molar-refractivity contribution in [2.75, 3.05) is 0 Å². The van der Waals surface area contributed by atoms with Crippen molar-refractivity contribution in [2.45, 2.75) is 24.2 Å². The SMILES string of the molecule is NS(=O)(=O)c1ccc(C2=CC3(C=C2c2ccc(F)cc2)CCC3)nc1. The molecule has 128 valence electrons. The van der Waals surface area contributed by atoms with Crippen LogP contribution in [-0.4, -0.2) is 13.4 Å². The number of hydrogen-bond acceptors (Lipinski definition) is 3. The molecule has 0 radical (unpaired) electrons. The maximum absolute atomic E-state index is 13.3. The van der Waals surface area contributed by atoms with E-state index in [4.69, 9.17) is 5.14 Å². The Labute approximate surface area is 146 Å². The Balaban J connectivity index is 1.77. The van der Waals surface area contributed by atoms with Crippen LogP contribution in [0.1, 0.15) is 30.5 Å². The number of nitrogens with two attached hydrogens (primary N) is 1. The van der Waals surface area contributed by atoms with Crippen molar-refractivity contribution >= 4 is 21.2 Å². The van der Waals surface area contributed by atoms with Gasteiger partial charge in [0.05, 0.1) is 5.69 Å². The van der Waals surface area contributed by atoms with Gasteiger partial charge in [0.1, 0.15) is 10.7 Å². The van der Waals surface area contributed by atoms with Crippen LogP contribution in [0.5, 0.6) is 0 Å². The van der Waals surface area contributed by atoms with E-state index in [-0.39, 0.29) is 16.1 Å². The zero-order valence-electron chi connectivity index (χ0n) is 13.4. The first-order chi connectivity index (χ1) is 11.9. The van der Waals surface area contributed by atoms with Crippen LogP contribution in [0.25, 0.3) is 11.1 Å². The van der Waals surface area contributed by atoms with Crippen LogP contribution in [0, 0.1) is 11.2 Å². The molecular weight excluding hydrogens is 339 g/mol. The van der Waals surface area contributed by atoms with Gasteiger partial charge < -0.3 is 0 Å². The number of sulfonamides is 1. The summed E-state index contributed by atoms with van der Waals surface area (Å²) in [4.78, 5) is 4.29. The molecule has 1 heterocycles. The number of aromatic nitrogens is 1. The molecule has 0 unspecified atom stereocenters. The monoisotopic (exact) mass is 356 g/mol. The Morgan fingerprint density at radius 2 is 1.68 bits per heavy atom. The lowest BCUT2D eigenvalue weighted by Gasteiger charge is -2.34. The van der Waals surface area contributed by atoms with E-state index in [0.29, 0.717) is 5.69 Å². The number of halogens is 1. The van der Waals surface area contributed by atoms with E-state index >= 15 is 0 Å². The van der Waals surface area contributed by atoms with Crippen molar-refractivity contribution in [3.8, 4) is 0 Å². The third kappa shape index (κ3) is 2.92. The summed E-state index contributed by atoms with van der Waals surface area (Å²) in [6.07, 6.45) is 9.05. The van der Waals surface area contributed by atoms with Gasteiger partial charge in [-0.2, -0.15) is 0 Å². The lowest BCUT2D eigenvalue weighted by atomic mass is 9.70. The van der Waals surface area contributed by atoms with Gasteiger partial charge in [-0.1, -0.05) is 30.7 Å². The van der Waals surface area contributed by atoms with Gasteiger partial charge >= 0.3 is 0 Å². The van der Waals surface area contributed by atoms with Crippen LogP contribution < -0.4 is 5.14 Å². The fourth-order valence-corrected chi connectivity index (χ4v) is 3.89. The zero-order chi connectivity index (χ0) is 17.7. The van der Waals surface area contributed by atoms with Gasteiger partial charge in [-0.3, -0.25) is 4.98 Å². The Kier molecular flexibility index (Phi) is 3.63. The average Bonchev–Trinajstić information content (AvgIpc) is 2.96. The Bertz CT molecular complexity index is 987. The number of rotatable bonds is 3. The minimum Gasteiger partial charge on any atom is -0.255 e. The smallest absolute Gasteiger partial charge is 0.239 e. The molecule has 0 aliphatic heterocycles. The van der Waals surface area contributed by atoms with Gasteiger partial charge in [-0.25, -0.2) is 17.9 Å². The van der Waals surface area contributed by atoms with E-state index < -0.39 is 10.0 Å². The normalized spacial score (nSPS) is 18.6. The number of allylic oxidation sites excluding steroid dienone is 4. The van der Waals surface area contributed by atoms with Crippen LogP contribution in [0.4, 0.5) is 4.39 Å². The average molecular weight is 356 g/mol. The van der Waals surface area contributed by atoms with Crippen molar-refractivity contribution < 1.29 is 12.8 Å². The van der Waals surface area contributed by atoms with Gasteiger partial charge in [-0.15, -0.1) is 0 Å². The molecule has 0 saturated heterocycles. The lowest BCUT2D eigenvalue weighted by molar-refractivity contribution is 0.282. The van der Waals surface area contributed by atoms with Crippen LogP contribution >= 0.6 is 0 Å². The minimum atomic E-state index is -3.77. The second-order valence-corrected chi connectivity index (χ2v) is 8.20. The zero-order valence-corrected chi connectivity index (χ0v) is 14.3. The Morgan fingerprint density at radius 1 is 1.00 bits per heavy atom. The van der Waals surface area contributed by atoms with Crippen molar-refractivity contribution in [2.24, 2.45) is 10.6 Å². The van der Waals surface area contributed by atoms with Crippen LogP contribution in [0.15, 0.2) is 59.6 Å². The number of nitrogens with zero attached hydrogens (tertiary/aromatic N) is 1. The maximum atomic E-state index is 13.3. The quantitative estimate of drug-likeness (QED) is 0.914. The van der Waals surface area contributed by atoms with Gasteiger partial charge in [0, 0.05) is 17.2 Å². The summed E-state index contributed by atoms with van der Waals surface area (Å²) < 4.78 is 36.1. The standard InChI is InChI=1S/C19H17FN2O2S/c20-14-4-2-13(3-5-14)16-10-19(8-1-9-19)11-17(16)18-7-6-15(12-22-18)25(21,23)24/h2-7,10-12H,1,8-9H2,(H2,21,23,24). The van der Waals surface area contributed by atoms with E-state index in [1.165, 1.54) is 30.8 Å². The van der Waals surface area contributed by atoms with Gasteiger partial charge in [0.25, 0.3) is 0 Å². The Morgan fingerprint density at radius 3 is 2.20 bits per heavy atom. The molecule has 0 atom stereocenters. The molecule has 25 heavy (non-hydrogen) atoms. The molecular formula is C19H17FN2O2S. The van der Waals surface area contributed by atoms with E-state index in [1.807, 2.05) is 0 Å². The largest absolute Gasteiger partial charge is 0.255 e. The van der Waals surface area contributed by atoms with Crippen molar-refractivity contribution in [1.29, 1.82) is 0 Å². The molecule has 2 aliphatic carbocycles. The molecule has 1 aromatic heterocycles. The second-order valence-electron chi connectivity index (χ2n) is 6.63. The summed E-state index contributed by atoms with van der Waals surface area (Å²) in [5.74, 6) is -0.276. The van der Waals surface area contributed by atoms with Gasteiger partial charge in [0.15, 0.2) is 0 Å². The van der Waals surface area contributed by atoms with Gasteiger partial charge in [-0.05, 0) is 48.2 Å². The number of pyridine rings is 1. The predicted molar refractivity (Wildman–Crippen MR) is 94.2 cm³/mol. The predicted octanol–water partition coefficient (Wildman–Crippen LogP) is 3.52. The molecule has 1 spiro atoms. The highest BCUT2D eigenvalue weighted by Gasteiger charge is 2.38. The molecule has 0 amide bonds. The highest BCUT2D eigenvalue weighted by atomic mass is 32.2. The number of hydrogen-bond donors (Lipinski definition) is 1. The highest BCUT2D eigenvalue weighted by Crippen LogP contribution is 2.53. The lowest BCUT2D eigenvalue weighted by Crippen LogP contribution is -2.22. The number of benzene rings is 1. The first kappa shape index (κ1) is 16.2. The molecule has 2 N–H and O–H groups in total. The summed E-state index contributed by atoms with van der Waals surface area (Å²) >= 11 is 0. The molecule has 4 rings (SSSR count). The van der Waals surface area contributed by atoms with Crippen molar-refractivity contribution in [3.63, 3.8) is 0 Å². The fourth-order valence-electron chi connectivity index (χ4n) is 3.43.